The van der Waals surface area contributed by atoms with Gasteiger partial charge in [0, 0.05) is 12.1 Å². The summed E-state index contributed by atoms with van der Waals surface area (Å²) in [6.07, 6.45) is 7.54. The van der Waals surface area contributed by atoms with Gasteiger partial charge in [-0.05, 0) is 30.5 Å². The minimum Gasteiger partial charge on any atom is -0.341 e. The number of benzene rings is 1. The molecule has 3 rings (SSSR count). The average molecular weight is 291 g/mol. The van der Waals surface area contributed by atoms with Crippen molar-refractivity contribution < 1.29 is 0 Å². The number of fused-ring (bicyclic) bond motifs is 1. The van der Waals surface area contributed by atoms with E-state index in [1.54, 1.807) is 0 Å². The highest BCUT2D eigenvalue weighted by molar-refractivity contribution is 5.78. The van der Waals surface area contributed by atoms with Crippen molar-refractivity contribution in [2.75, 3.05) is 0 Å². The third kappa shape index (κ3) is 3.25. The van der Waals surface area contributed by atoms with E-state index in [2.05, 4.69) is 52.2 Å². The molecule has 0 spiro atoms. The van der Waals surface area contributed by atoms with Crippen LogP contribution in [0.25, 0.3) is 23.3 Å². The van der Waals surface area contributed by atoms with Crippen LogP contribution in [0.2, 0.25) is 0 Å². The molecule has 0 fully saturated rings. The standard InChI is InChI=1S/C19H21N3/c1-3-4-10-18-21-17-13-16(14(2)20-19(17)22-18)12-11-15-8-6-5-7-9-15/h5-9,11-13H,3-4,10H2,1-2H3,(H,20,21,22). The maximum absolute atomic E-state index is 4.62. The first-order valence-electron chi connectivity index (χ1n) is 7.85. The molecule has 0 atom stereocenters. The molecular weight excluding hydrogens is 270 g/mol. The Hall–Kier alpha value is -2.42. The van der Waals surface area contributed by atoms with E-state index < -0.39 is 0 Å². The van der Waals surface area contributed by atoms with Crippen molar-refractivity contribution in [3.8, 4) is 0 Å². The lowest BCUT2D eigenvalue weighted by molar-refractivity contribution is 0.764. The lowest BCUT2D eigenvalue weighted by Gasteiger charge is -1.99. The van der Waals surface area contributed by atoms with Gasteiger partial charge < -0.3 is 4.98 Å². The molecule has 0 unspecified atom stereocenters. The topological polar surface area (TPSA) is 41.6 Å². The van der Waals surface area contributed by atoms with Crippen molar-refractivity contribution in [2.45, 2.75) is 33.1 Å². The van der Waals surface area contributed by atoms with E-state index in [0.717, 1.165) is 41.1 Å². The molecule has 1 N–H and O–H groups in total. The van der Waals surface area contributed by atoms with Gasteiger partial charge in [0.2, 0.25) is 0 Å². The molecule has 3 aromatic rings. The molecule has 2 aromatic heterocycles. The van der Waals surface area contributed by atoms with Crippen LogP contribution in [0, 0.1) is 6.92 Å². The summed E-state index contributed by atoms with van der Waals surface area (Å²) in [6.45, 7) is 4.22. The SMILES string of the molecule is CCCCc1nc2nc(C)c(C=Cc3ccccc3)cc2[nH]1. The van der Waals surface area contributed by atoms with E-state index in [4.69, 9.17) is 0 Å². The number of unbranched alkanes of at least 4 members (excludes halogenated alkanes) is 1. The Kier molecular flexibility index (Phi) is 4.33. The van der Waals surface area contributed by atoms with E-state index in [0.29, 0.717) is 0 Å². The van der Waals surface area contributed by atoms with E-state index in [9.17, 15) is 0 Å². The monoisotopic (exact) mass is 291 g/mol. The van der Waals surface area contributed by atoms with Crippen molar-refractivity contribution in [3.05, 3.63) is 59.0 Å². The van der Waals surface area contributed by atoms with Crippen LogP contribution in [0.4, 0.5) is 0 Å². The number of hydrogen-bond donors (Lipinski definition) is 1. The molecule has 0 aliphatic rings. The Labute approximate surface area is 131 Å². The molecule has 0 bridgehead atoms. The molecule has 112 valence electrons. The maximum Gasteiger partial charge on any atom is 0.177 e. The van der Waals surface area contributed by atoms with Gasteiger partial charge in [-0.2, -0.15) is 0 Å². The fourth-order valence-electron chi connectivity index (χ4n) is 2.48. The van der Waals surface area contributed by atoms with Gasteiger partial charge in [0.15, 0.2) is 5.65 Å². The zero-order valence-electron chi connectivity index (χ0n) is 13.1. The molecule has 3 heteroatoms. The molecule has 0 amide bonds. The number of nitrogens with one attached hydrogen (secondary N) is 1. The summed E-state index contributed by atoms with van der Waals surface area (Å²) < 4.78 is 0. The molecule has 3 nitrogen and oxygen atoms in total. The van der Waals surface area contributed by atoms with Crippen molar-refractivity contribution in [1.29, 1.82) is 0 Å². The lowest BCUT2D eigenvalue weighted by atomic mass is 10.1. The van der Waals surface area contributed by atoms with Crippen molar-refractivity contribution in [1.82, 2.24) is 15.0 Å². The molecule has 0 radical (unpaired) electrons. The zero-order valence-corrected chi connectivity index (χ0v) is 13.1. The normalized spacial score (nSPS) is 11.5. The van der Waals surface area contributed by atoms with Crippen LogP contribution in [0.5, 0.6) is 0 Å². The Bertz CT molecular complexity index is 785. The Morgan fingerprint density at radius 3 is 2.68 bits per heavy atom. The Balaban J connectivity index is 1.89. The maximum atomic E-state index is 4.62. The van der Waals surface area contributed by atoms with Crippen LogP contribution in [0.1, 0.15) is 42.4 Å². The quantitative estimate of drug-likeness (QED) is 0.735. The summed E-state index contributed by atoms with van der Waals surface area (Å²) >= 11 is 0. The van der Waals surface area contributed by atoms with Gasteiger partial charge in [0.25, 0.3) is 0 Å². The van der Waals surface area contributed by atoms with Gasteiger partial charge in [0.1, 0.15) is 5.82 Å². The summed E-state index contributed by atoms with van der Waals surface area (Å²) in [5.41, 5.74) is 5.16. The molecule has 0 saturated carbocycles. The minimum absolute atomic E-state index is 0.820. The van der Waals surface area contributed by atoms with Gasteiger partial charge >= 0.3 is 0 Å². The fraction of sp³-hybridized carbons (Fsp3) is 0.263. The second-order valence-corrected chi connectivity index (χ2v) is 5.57. The highest BCUT2D eigenvalue weighted by Crippen LogP contribution is 2.18. The summed E-state index contributed by atoms with van der Waals surface area (Å²) in [5, 5.41) is 0. The first-order valence-corrected chi connectivity index (χ1v) is 7.85. The number of aromatic amines is 1. The first kappa shape index (κ1) is 14.5. The number of rotatable bonds is 5. The van der Waals surface area contributed by atoms with Gasteiger partial charge in [0.05, 0.1) is 5.52 Å². The number of nitrogens with zero attached hydrogens (tertiary/aromatic N) is 2. The predicted octanol–water partition coefficient (Wildman–Crippen LogP) is 4.78. The second-order valence-electron chi connectivity index (χ2n) is 5.57. The molecule has 1 aromatic carbocycles. The van der Waals surface area contributed by atoms with Crippen molar-refractivity contribution in [3.63, 3.8) is 0 Å². The zero-order chi connectivity index (χ0) is 15.4. The van der Waals surface area contributed by atoms with E-state index >= 15 is 0 Å². The van der Waals surface area contributed by atoms with Crippen molar-refractivity contribution >= 4 is 23.3 Å². The molecule has 2 heterocycles. The van der Waals surface area contributed by atoms with Crippen LogP contribution < -0.4 is 0 Å². The van der Waals surface area contributed by atoms with Gasteiger partial charge in [-0.15, -0.1) is 0 Å². The summed E-state index contributed by atoms with van der Waals surface area (Å²) in [4.78, 5) is 12.6. The highest BCUT2D eigenvalue weighted by Gasteiger charge is 2.06. The Morgan fingerprint density at radius 1 is 1.09 bits per heavy atom. The largest absolute Gasteiger partial charge is 0.341 e. The number of pyridine rings is 1. The van der Waals surface area contributed by atoms with Crippen LogP contribution >= 0.6 is 0 Å². The second kappa shape index (κ2) is 6.56. The van der Waals surface area contributed by atoms with Crippen LogP contribution in [0.15, 0.2) is 36.4 Å². The third-order valence-corrected chi connectivity index (χ3v) is 3.77. The average Bonchev–Trinajstić information content (AvgIpc) is 2.93. The lowest BCUT2D eigenvalue weighted by Crippen LogP contribution is -1.88. The summed E-state index contributed by atoms with van der Waals surface area (Å²) in [7, 11) is 0. The summed E-state index contributed by atoms with van der Waals surface area (Å²) in [5.74, 6) is 1.04. The van der Waals surface area contributed by atoms with Crippen LogP contribution in [-0.2, 0) is 6.42 Å². The van der Waals surface area contributed by atoms with Crippen molar-refractivity contribution in [2.24, 2.45) is 0 Å². The molecule has 22 heavy (non-hydrogen) atoms. The summed E-state index contributed by atoms with van der Waals surface area (Å²) in [6, 6.07) is 12.4. The smallest absolute Gasteiger partial charge is 0.177 e. The molecule has 0 aliphatic carbocycles. The fourth-order valence-corrected chi connectivity index (χ4v) is 2.48. The van der Waals surface area contributed by atoms with Crippen LogP contribution in [-0.4, -0.2) is 15.0 Å². The predicted molar refractivity (Wildman–Crippen MR) is 92.6 cm³/mol. The number of H-pyrrole nitrogens is 1. The number of aromatic nitrogens is 3. The highest BCUT2D eigenvalue weighted by atomic mass is 15.0. The molecular formula is C19H21N3. The molecule has 0 aliphatic heterocycles. The van der Waals surface area contributed by atoms with Gasteiger partial charge in [-0.1, -0.05) is 55.8 Å². The number of hydrogen-bond acceptors (Lipinski definition) is 2. The van der Waals surface area contributed by atoms with E-state index in [-0.39, 0.29) is 0 Å². The number of aryl methyl sites for hydroxylation is 2. The first-order chi connectivity index (χ1) is 10.8. The minimum atomic E-state index is 0.820. The number of imidazole rings is 1. The van der Waals surface area contributed by atoms with E-state index in [1.807, 2.05) is 25.1 Å². The van der Waals surface area contributed by atoms with Gasteiger partial charge in [-0.3, -0.25) is 0 Å². The van der Waals surface area contributed by atoms with Gasteiger partial charge in [-0.25, -0.2) is 9.97 Å². The van der Waals surface area contributed by atoms with E-state index in [1.165, 1.54) is 12.0 Å². The van der Waals surface area contributed by atoms with Crippen LogP contribution in [0.3, 0.4) is 0 Å². The third-order valence-electron chi connectivity index (χ3n) is 3.77. The Morgan fingerprint density at radius 2 is 1.91 bits per heavy atom. The molecule has 0 saturated heterocycles.